The van der Waals surface area contributed by atoms with Crippen molar-refractivity contribution in [2.24, 2.45) is 0 Å². The minimum Gasteiger partial charge on any atom is -0.383 e. The van der Waals surface area contributed by atoms with E-state index in [1.807, 2.05) is 0 Å². The van der Waals surface area contributed by atoms with Crippen molar-refractivity contribution in [3.8, 4) is 0 Å². The summed E-state index contributed by atoms with van der Waals surface area (Å²) in [5, 5.41) is 8.53. The Hall–Kier alpha value is -2.93. The molecule has 0 spiro atoms. The highest BCUT2D eigenvalue weighted by molar-refractivity contribution is 6.04. The van der Waals surface area contributed by atoms with Crippen LogP contribution < -0.4 is 16.0 Å². The highest BCUT2D eigenvalue weighted by atomic mass is 16.5. The predicted octanol–water partition coefficient (Wildman–Crippen LogP) is 2.35. The van der Waals surface area contributed by atoms with Crippen LogP contribution in [0.2, 0.25) is 0 Å². The van der Waals surface area contributed by atoms with Crippen molar-refractivity contribution in [3.05, 3.63) is 48.2 Å². The predicted molar refractivity (Wildman–Crippen MR) is 93.3 cm³/mol. The first kappa shape index (κ1) is 17.4. The molecule has 0 bridgehead atoms. The molecule has 2 rings (SSSR count). The zero-order valence-electron chi connectivity index (χ0n) is 13.6. The SMILES string of the molecule is COCCNc1ccc(C(=O)Nc2ccc(NC(C)=O)cc2)cn1. The molecule has 0 radical (unpaired) electrons. The molecule has 0 aliphatic heterocycles. The highest BCUT2D eigenvalue weighted by Crippen LogP contribution is 2.15. The molecule has 0 atom stereocenters. The van der Waals surface area contributed by atoms with E-state index in [0.29, 0.717) is 35.9 Å². The standard InChI is InChI=1S/C17H20N4O3/c1-12(22)20-14-4-6-15(7-5-14)21-17(23)13-3-8-16(19-11-13)18-9-10-24-2/h3-8,11H,9-10H2,1-2H3,(H,18,19)(H,20,22)(H,21,23). The van der Waals surface area contributed by atoms with Gasteiger partial charge in [0.1, 0.15) is 5.82 Å². The van der Waals surface area contributed by atoms with Crippen molar-refractivity contribution in [2.75, 3.05) is 36.2 Å². The molecule has 7 heteroatoms. The minimum absolute atomic E-state index is 0.142. The smallest absolute Gasteiger partial charge is 0.257 e. The lowest BCUT2D eigenvalue weighted by Crippen LogP contribution is -2.13. The number of aromatic nitrogens is 1. The van der Waals surface area contributed by atoms with E-state index in [2.05, 4.69) is 20.9 Å². The molecule has 24 heavy (non-hydrogen) atoms. The van der Waals surface area contributed by atoms with Gasteiger partial charge in [-0.2, -0.15) is 0 Å². The van der Waals surface area contributed by atoms with Gasteiger partial charge >= 0.3 is 0 Å². The van der Waals surface area contributed by atoms with Crippen molar-refractivity contribution in [2.45, 2.75) is 6.92 Å². The second-order valence-corrected chi connectivity index (χ2v) is 5.06. The molecule has 0 saturated heterocycles. The van der Waals surface area contributed by atoms with Crippen molar-refractivity contribution in [1.82, 2.24) is 4.98 Å². The maximum atomic E-state index is 12.2. The zero-order chi connectivity index (χ0) is 17.4. The van der Waals surface area contributed by atoms with E-state index >= 15 is 0 Å². The van der Waals surface area contributed by atoms with Crippen LogP contribution in [0.4, 0.5) is 17.2 Å². The van der Waals surface area contributed by atoms with E-state index in [1.165, 1.54) is 13.1 Å². The molecular weight excluding hydrogens is 308 g/mol. The fourth-order valence-corrected chi connectivity index (χ4v) is 1.96. The van der Waals surface area contributed by atoms with E-state index in [9.17, 15) is 9.59 Å². The Bertz CT molecular complexity index is 684. The second kappa shape index (κ2) is 8.64. The molecule has 0 aliphatic carbocycles. The molecule has 2 aromatic rings. The van der Waals surface area contributed by atoms with Crippen molar-refractivity contribution in [1.29, 1.82) is 0 Å². The first-order valence-electron chi connectivity index (χ1n) is 7.46. The van der Waals surface area contributed by atoms with E-state index < -0.39 is 0 Å². The highest BCUT2D eigenvalue weighted by Gasteiger charge is 2.07. The summed E-state index contributed by atoms with van der Waals surface area (Å²) in [6, 6.07) is 10.3. The Kier molecular flexibility index (Phi) is 6.27. The van der Waals surface area contributed by atoms with Gasteiger partial charge in [-0.15, -0.1) is 0 Å². The average Bonchev–Trinajstić information content (AvgIpc) is 2.57. The Balaban J connectivity index is 1.93. The number of nitrogens with zero attached hydrogens (tertiary/aromatic N) is 1. The number of methoxy groups -OCH3 is 1. The van der Waals surface area contributed by atoms with Gasteiger partial charge in [0.15, 0.2) is 0 Å². The summed E-state index contributed by atoms with van der Waals surface area (Å²) in [6.45, 7) is 2.67. The molecule has 2 amide bonds. The van der Waals surface area contributed by atoms with Gasteiger partial charge in [-0.1, -0.05) is 0 Å². The fourth-order valence-electron chi connectivity index (χ4n) is 1.96. The number of rotatable bonds is 7. The molecule has 1 heterocycles. The summed E-state index contributed by atoms with van der Waals surface area (Å²) in [4.78, 5) is 27.3. The third-order valence-corrected chi connectivity index (χ3v) is 3.10. The Morgan fingerprint density at radius 3 is 2.25 bits per heavy atom. The Labute approximate surface area is 140 Å². The summed E-state index contributed by atoms with van der Waals surface area (Å²) >= 11 is 0. The van der Waals surface area contributed by atoms with Gasteiger partial charge in [0.05, 0.1) is 12.2 Å². The van der Waals surface area contributed by atoms with Crippen LogP contribution in [-0.2, 0) is 9.53 Å². The summed E-state index contributed by atoms with van der Waals surface area (Å²) in [7, 11) is 1.63. The van der Waals surface area contributed by atoms with Crippen LogP contribution in [-0.4, -0.2) is 37.1 Å². The number of ether oxygens (including phenoxy) is 1. The first-order chi connectivity index (χ1) is 11.6. The van der Waals surface area contributed by atoms with Crippen LogP contribution in [0.25, 0.3) is 0 Å². The number of amides is 2. The van der Waals surface area contributed by atoms with E-state index in [-0.39, 0.29) is 11.8 Å². The number of anilines is 3. The molecule has 0 saturated carbocycles. The van der Waals surface area contributed by atoms with Gasteiger partial charge in [-0.3, -0.25) is 9.59 Å². The fraction of sp³-hybridized carbons (Fsp3) is 0.235. The lowest BCUT2D eigenvalue weighted by molar-refractivity contribution is -0.114. The normalized spacial score (nSPS) is 10.1. The summed E-state index contributed by atoms with van der Waals surface area (Å²) in [6.07, 6.45) is 1.51. The monoisotopic (exact) mass is 328 g/mol. The van der Waals surface area contributed by atoms with Gasteiger partial charge in [0.25, 0.3) is 5.91 Å². The van der Waals surface area contributed by atoms with Gasteiger partial charge < -0.3 is 20.7 Å². The first-order valence-corrected chi connectivity index (χ1v) is 7.46. The number of hydrogen-bond donors (Lipinski definition) is 3. The largest absolute Gasteiger partial charge is 0.383 e. The van der Waals surface area contributed by atoms with Crippen molar-refractivity contribution in [3.63, 3.8) is 0 Å². The van der Waals surface area contributed by atoms with Crippen LogP contribution in [0.15, 0.2) is 42.6 Å². The summed E-state index contributed by atoms with van der Waals surface area (Å²) in [5.74, 6) is 0.290. The number of pyridine rings is 1. The maximum Gasteiger partial charge on any atom is 0.257 e. The van der Waals surface area contributed by atoms with Crippen LogP contribution in [0, 0.1) is 0 Å². The van der Waals surface area contributed by atoms with Crippen LogP contribution in [0.1, 0.15) is 17.3 Å². The maximum absolute atomic E-state index is 12.2. The molecule has 126 valence electrons. The van der Waals surface area contributed by atoms with Crippen LogP contribution >= 0.6 is 0 Å². The summed E-state index contributed by atoms with van der Waals surface area (Å²) < 4.78 is 4.94. The quantitative estimate of drug-likeness (QED) is 0.679. The molecule has 0 fully saturated rings. The average molecular weight is 328 g/mol. The molecular formula is C17H20N4O3. The third-order valence-electron chi connectivity index (χ3n) is 3.10. The van der Waals surface area contributed by atoms with Crippen molar-refractivity contribution >= 4 is 29.0 Å². The summed E-state index contributed by atoms with van der Waals surface area (Å²) in [5.41, 5.74) is 1.77. The van der Waals surface area contributed by atoms with Crippen molar-refractivity contribution < 1.29 is 14.3 Å². The van der Waals surface area contributed by atoms with Crippen LogP contribution in [0.5, 0.6) is 0 Å². The Morgan fingerprint density at radius 1 is 1.04 bits per heavy atom. The molecule has 3 N–H and O–H groups in total. The van der Waals surface area contributed by atoms with Crippen LogP contribution in [0.3, 0.4) is 0 Å². The molecule has 0 aliphatic rings. The lowest BCUT2D eigenvalue weighted by Gasteiger charge is -2.08. The van der Waals surface area contributed by atoms with E-state index in [4.69, 9.17) is 4.74 Å². The molecule has 7 nitrogen and oxygen atoms in total. The third kappa shape index (κ3) is 5.36. The lowest BCUT2D eigenvalue weighted by atomic mass is 10.2. The Morgan fingerprint density at radius 2 is 1.71 bits per heavy atom. The van der Waals surface area contributed by atoms with Gasteiger partial charge in [0.2, 0.25) is 5.91 Å². The van der Waals surface area contributed by atoms with Gasteiger partial charge in [-0.05, 0) is 36.4 Å². The van der Waals surface area contributed by atoms with E-state index in [0.717, 1.165) is 0 Å². The van der Waals surface area contributed by atoms with E-state index in [1.54, 1.807) is 43.5 Å². The number of carbonyl (C=O) groups excluding carboxylic acids is 2. The van der Waals surface area contributed by atoms with Gasteiger partial charge in [0, 0.05) is 38.1 Å². The number of benzene rings is 1. The minimum atomic E-state index is -0.252. The number of carbonyl (C=O) groups is 2. The zero-order valence-corrected chi connectivity index (χ0v) is 13.6. The molecule has 0 unspecified atom stereocenters. The molecule has 1 aromatic heterocycles. The number of hydrogen-bond acceptors (Lipinski definition) is 5. The number of nitrogens with one attached hydrogen (secondary N) is 3. The topological polar surface area (TPSA) is 92.4 Å². The second-order valence-electron chi connectivity index (χ2n) is 5.06. The molecule has 1 aromatic carbocycles. The van der Waals surface area contributed by atoms with Gasteiger partial charge in [-0.25, -0.2) is 4.98 Å².